The third-order valence-corrected chi connectivity index (χ3v) is 4.71. The van der Waals surface area contributed by atoms with E-state index in [1.165, 1.54) is 12.0 Å². The Kier molecular flexibility index (Phi) is 4.64. The Morgan fingerprint density at radius 2 is 1.79 bits per heavy atom. The third-order valence-electron chi connectivity index (χ3n) is 4.71. The molecule has 1 aromatic rings. The Hall–Kier alpha value is -2.25. The zero-order chi connectivity index (χ0) is 17.2. The van der Waals surface area contributed by atoms with Gasteiger partial charge in [0.2, 0.25) is 0 Å². The van der Waals surface area contributed by atoms with Gasteiger partial charge in [-0.25, -0.2) is 0 Å². The molecule has 0 aromatic heterocycles. The van der Waals surface area contributed by atoms with Crippen LogP contribution in [-0.2, 0) is 9.53 Å². The Morgan fingerprint density at radius 3 is 2.33 bits per heavy atom. The van der Waals surface area contributed by atoms with Crippen molar-refractivity contribution < 1.29 is 19.1 Å². The minimum Gasteiger partial charge on any atom is -0.368 e. The van der Waals surface area contributed by atoms with Gasteiger partial charge in [-0.1, -0.05) is 12.1 Å². The highest BCUT2D eigenvalue weighted by molar-refractivity contribution is 6.21. The van der Waals surface area contributed by atoms with Gasteiger partial charge in [-0.15, -0.1) is 0 Å². The molecule has 0 atom stereocenters. The molecule has 2 aliphatic heterocycles. The number of hydrogen-bond donors (Lipinski definition) is 2. The number of benzene rings is 1. The topological polar surface area (TPSA) is 87.7 Å². The van der Waals surface area contributed by atoms with Crippen molar-refractivity contribution in [3.05, 3.63) is 35.4 Å². The van der Waals surface area contributed by atoms with E-state index < -0.39 is 5.60 Å². The van der Waals surface area contributed by atoms with E-state index in [2.05, 4.69) is 10.6 Å². The van der Waals surface area contributed by atoms with Crippen LogP contribution in [0.4, 0.5) is 0 Å². The molecule has 0 radical (unpaired) electrons. The molecule has 7 heteroatoms. The van der Waals surface area contributed by atoms with Crippen molar-refractivity contribution in [1.82, 2.24) is 15.5 Å². The fourth-order valence-electron chi connectivity index (χ4n) is 3.24. The number of hydrogen-bond acceptors (Lipinski definition) is 5. The second-order valence-corrected chi connectivity index (χ2v) is 6.01. The molecule has 1 saturated heterocycles. The third kappa shape index (κ3) is 2.81. The fraction of sp³-hybridized carbons (Fsp3) is 0.471. The molecule has 0 spiro atoms. The maximum Gasteiger partial charge on any atom is 0.261 e. The lowest BCUT2D eigenvalue weighted by molar-refractivity contribution is -0.146. The zero-order valence-electron chi connectivity index (χ0n) is 13.6. The van der Waals surface area contributed by atoms with Gasteiger partial charge in [-0.05, 0) is 38.1 Å². The molecule has 2 aliphatic rings. The standard InChI is InChI=1S/C17H21N3O4/c1-24-17(6-8-18-9-7-17)16(23)19-10-11-20-14(21)12-4-2-3-5-13(12)15(20)22/h2-5,18H,6-11H2,1H3,(H,19,23). The minimum absolute atomic E-state index is 0.149. The maximum absolute atomic E-state index is 12.5. The van der Waals surface area contributed by atoms with Crippen molar-refractivity contribution in [1.29, 1.82) is 0 Å². The van der Waals surface area contributed by atoms with E-state index in [0.717, 1.165) is 13.1 Å². The fourth-order valence-corrected chi connectivity index (χ4v) is 3.24. The number of carbonyl (C=O) groups excluding carboxylic acids is 3. The summed E-state index contributed by atoms with van der Waals surface area (Å²) in [6, 6.07) is 6.75. The molecular weight excluding hydrogens is 310 g/mol. The Labute approximate surface area is 140 Å². The number of nitrogens with zero attached hydrogens (tertiary/aromatic N) is 1. The molecule has 0 saturated carbocycles. The summed E-state index contributed by atoms with van der Waals surface area (Å²) in [5, 5.41) is 5.99. The van der Waals surface area contributed by atoms with Crippen LogP contribution in [0, 0.1) is 0 Å². The first-order valence-electron chi connectivity index (χ1n) is 8.08. The van der Waals surface area contributed by atoms with Crippen molar-refractivity contribution >= 4 is 17.7 Å². The lowest BCUT2D eigenvalue weighted by atomic mass is 9.91. The monoisotopic (exact) mass is 331 g/mol. The summed E-state index contributed by atoms with van der Waals surface area (Å²) in [4.78, 5) is 38.2. The van der Waals surface area contributed by atoms with Crippen LogP contribution in [0.1, 0.15) is 33.6 Å². The van der Waals surface area contributed by atoms with Crippen molar-refractivity contribution in [2.75, 3.05) is 33.3 Å². The normalized spacial score (nSPS) is 19.3. The molecule has 3 rings (SSSR count). The van der Waals surface area contributed by atoms with Crippen LogP contribution >= 0.6 is 0 Å². The first-order chi connectivity index (χ1) is 11.6. The molecule has 2 heterocycles. The number of carbonyl (C=O) groups is 3. The van der Waals surface area contributed by atoms with E-state index >= 15 is 0 Å². The molecule has 24 heavy (non-hydrogen) atoms. The van der Waals surface area contributed by atoms with E-state index in [1.54, 1.807) is 24.3 Å². The van der Waals surface area contributed by atoms with Gasteiger partial charge in [-0.2, -0.15) is 0 Å². The average Bonchev–Trinajstić information content (AvgIpc) is 2.87. The van der Waals surface area contributed by atoms with E-state index in [9.17, 15) is 14.4 Å². The van der Waals surface area contributed by atoms with Crippen LogP contribution in [0.5, 0.6) is 0 Å². The number of fused-ring (bicyclic) bond motifs is 1. The van der Waals surface area contributed by atoms with Gasteiger partial charge in [-0.3, -0.25) is 19.3 Å². The zero-order valence-corrected chi connectivity index (χ0v) is 13.6. The predicted molar refractivity (Wildman–Crippen MR) is 86.7 cm³/mol. The highest BCUT2D eigenvalue weighted by Crippen LogP contribution is 2.23. The summed E-state index contributed by atoms with van der Waals surface area (Å²) in [6.07, 6.45) is 1.20. The largest absolute Gasteiger partial charge is 0.368 e. The molecule has 0 aliphatic carbocycles. The Balaban J connectivity index is 1.58. The molecule has 7 nitrogen and oxygen atoms in total. The maximum atomic E-state index is 12.5. The number of amides is 3. The number of ether oxygens (including phenoxy) is 1. The quantitative estimate of drug-likeness (QED) is 0.751. The highest BCUT2D eigenvalue weighted by atomic mass is 16.5. The number of piperidine rings is 1. The Bertz CT molecular complexity index is 633. The van der Waals surface area contributed by atoms with Gasteiger partial charge in [0.1, 0.15) is 5.60 Å². The van der Waals surface area contributed by atoms with Crippen molar-refractivity contribution in [3.63, 3.8) is 0 Å². The summed E-state index contributed by atoms with van der Waals surface area (Å²) < 4.78 is 5.46. The number of rotatable bonds is 5. The molecule has 1 fully saturated rings. The summed E-state index contributed by atoms with van der Waals surface area (Å²) in [6.45, 7) is 1.80. The molecule has 2 N–H and O–H groups in total. The summed E-state index contributed by atoms with van der Waals surface area (Å²) in [5.41, 5.74) is 0.00819. The van der Waals surface area contributed by atoms with Crippen LogP contribution in [0.15, 0.2) is 24.3 Å². The number of nitrogens with one attached hydrogen (secondary N) is 2. The molecule has 3 amide bonds. The van der Waals surface area contributed by atoms with Crippen molar-refractivity contribution in [2.45, 2.75) is 18.4 Å². The first-order valence-corrected chi connectivity index (χ1v) is 8.08. The van der Waals surface area contributed by atoms with Crippen molar-refractivity contribution in [3.8, 4) is 0 Å². The molecular formula is C17H21N3O4. The second-order valence-electron chi connectivity index (χ2n) is 6.01. The van der Waals surface area contributed by atoms with Crippen molar-refractivity contribution in [2.24, 2.45) is 0 Å². The summed E-state index contributed by atoms with van der Waals surface area (Å²) in [5.74, 6) is -0.815. The number of imide groups is 1. The van der Waals surface area contributed by atoms with E-state index in [1.807, 2.05) is 0 Å². The summed E-state index contributed by atoms with van der Waals surface area (Å²) in [7, 11) is 1.54. The van der Waals surface area contributed by atoms with Crippen LogP contribution in [0.2, 0.25) is 0 Å². The lowest BCUT2D eigenvalue weighted by Crippen LogP contribution is -2.55. The highest BCUT2D eigenvalue weighted by Gasteiger charge is 2.40. The Morgan fingerprint density at radius 1 is 1.21 bits per heavy atom. The van der Waals surface area contributed by atoms with Gasteiger partial charge < -0.3 is 15.4 Å². The first kappa shape index (κ1) is 16.6. The van der Waals surface area contributed by atoms with Gasteiger partial charge in [0.15, 0.2) is 0 Å². The van der Waals surface area contributed by atoms with Crippen LogP contribution in [-0.4, -0.2) is 61.5 Å². The molecule has 0 bridgehead atoms. The van der Waals surface area contributed by atoms with Crippen LogP contribution in [0.25, 0.3) is 0 Å². The smallest absolute Gasteiger partial charge is 0.261 e. The van der Waals surface area contributed by atoms with Crippen LogP contribution in [0.3, 0.4) is 0 Å². The van der Waals surface area contributed by atoms with E-state index in [0.29, 0.717) is 24.0 Å². The van der Waals surface area contributed by atoms with E-state index in [4.69, 9.17) is 4.74 Å². The molecule has 0 unspecified atom stereocenters. The second kappa shape index (κ2) is 6.70. The van der Waals surface area contributed by atoms with Gasteiger partial charge >= 0.3 is 0 Å². The van der Waals surface area contributed by atoms with Gasteiger partial charge in [0, 0.05) is 20.2 Å². The molecule has 128 valence electrons. The lowest BCUT2D eigenvalue weighted by Gasteiger charge is -2.34. The SMILES string of the molecule is COC1(C(=O)NCCN2C(=O)c3ccccc3C2=O)CCNCC1. The minimum atomic E-state index is -0.826. The average molecular weight is 331 g/mol. The number of methoxy groups -OCH3 is 1. The molecule has 1 aromatic carbocycles. The predicted octanol–water partition coefficient (Wildman–Crippen LogP) is 0.167. The van der Waals surface area contributed by atoms with Crippen LogP contribution < -0.4 is 10.6 Å². The summed E-state index contributed by atoms with van der Waals surface area (Å²) >= 11 is 0. The van der Waals surface area contributed by atoms with Gasteiger partial charge in [0.25, 0.3) is 17.7 Å². The van der Waals surface area contributed by atoms with Gasteiger partial charge in [0.05, 0.1) is 11.1 Å². The van der Waals surface area contributed by atoms with E-state index in [-0.39, 0.29) is 30.8 Å².